The Labute approximate surface area is 167 Å². The molecule has 0 unspecified atom stereocenters. The molecule has 0 N–H and O–H groups in total. The first-order chi connectivity index (χ1) is 14.1. The molecule has 4 rings (SSSR count). The third-order valence-electron chi connectivity index (χ3n) is 4.44. The lowest BCUT2D eigenvalue weighted by molar-refractivity contribution is -0.129. The van der Waals surface area contributed by atoms with E-state index in [2.05, 4.69) is 4.99 Å². The van der Waals surface area contributed by atoms with Gasteiger partial charge in [0.05, 0.1) is 0 Å². The maximum atomic E-state index is 13.0. The number of rotatable bonds is 5. The highest BCUT2D eigenvalue weighted by molar-refractivity contribution is 6.12. The SMILES string of the molecule is Cc1ccc(C2=N/C(=C\c3ccccc3OCc3ccc(F)cc3)C(=O)O2)cc1. The van der Waals surface area contributed by atoms with Crippen LogP contribution in [0, 0.1) is 12.7 Å². The molecule has 0 saturated heterocycles. The number of esters is 1. The van der Waals surface area contributed by atoms with Crippen molar-refractivity contribution >= 4 is 17.9 Å². The summed E-state index contributed by atoms with van der Waals surface area (Å²) in [4.78, 5) is 16.6. The fourth-order valence-electron chi connectivity index (χ4n) is 2.85. The van der Waals surface area contributed by atoms with Gasteiger partial charge >= 0.3 is 5.97 Å². The Bertz CT molecular complexity index is 1100. The van der Waals surface area contributed by atoms with E-state index < -0.39 is 5.97 Å². The summed E-state index contributed by atoms with van der Waals surface area (Å²) in [6.07, 6.45) is 1.64. The van der Waals surface area contributed by atoms with Crippen LogP contribution in [0.2, 0.25) is 0 Å². The molecule has 29 heavy (non-hydrogen) atoms. The van der Waals surface area contributed by atoms with Crippen molar-refractivity contribution in [1.82, 2.24) is 0 Å². The van der Waals surface area contributed by atoms with Gasteiger partial charge in [-0.25, -0.2) is 14.2 Å². The first kappa shape index (κ1) is 18.6. The van der Waals surface area contributed by atoms with Gasteiger partial charge in [0.1, 0.15) is 18.2 Å². The second-order valence-corrected chi connectivity index (χ2v) is 6.66. The molecular formula is C24H18FNO3. The van der Waals surface area contributed by atoms with Crippen molar-refractivity contribution in [2.24, 2.45) is 4.99 Å². The molecule has 1 aliphatic rings. The summed E-state index contributed by atoms with van der Waals surface area (Å²) >= 11 is 0. The van der Waals surface area contributed by atoms with Crippen LogP contribution in [-0.4, -0.2) is 11.9 Å². The number of para-hydroxylation sites is 1. The van der Waals surface area contributed by atoms with E-state index in [1.165, 1.54) is 12.1 Å². The third kappa shape index (κ3) is 4.41. The summed E-state index contributed by atoms with van der Waals surface area (Å²) in [5.41, 5.74) is 3.61. The summed E-state index contributed by atoms with van der Waals surface area (Å²) in [6.45, 7) is 2.27. The van der Waals surface area contributed by atoms with Crippen molar-refractivity contribution in [2.45, 2.75) is 13.5 Å². The van der Waals surface area contributed by atoms with Crippen LogP contribution in [0.25, 0.3) is 6.08 Å². The molecule has 1 aliphatic heterocycles. The Morgan fingerprint density at radius 3 is 2.48 bits per heavy atom. The first-order valence-electron chi connectivity index (χ1n) is 9.14. The Hall–Kier alpha value is -3.73. The second kappa shape index (κ2) is 8.10. The van der Waals surface area contributed by atoms with E-state index in [1.54, 1.807) is 24.3 Å². The van der Waals surface area contributed by atoms with Crippen LogP contribution in [0.1, 0.15) is 22.3 Å². The van der Waals surface area contributed by atoms with Crippen LogP contribution in [0.15, 0.2) is 83.5 Å². The number of carbonyl (C=O) groups excluding carboxylic acids is 1. The fourth-order valence-corrected chi connectivity index (χ4v) is 2.85. The second-order valence-electron chi connectivity index (χ2n) is 6.66. The van der Waals surface area contributed by atoms with Gasteiger partial charge in [0.2, 0.25) is 5.90 Å². The van der Waals surface area contributed by atoms with E-state index in [4.69, 9.17) is 9.47 Å². The molecule has 0 bridgehead atoms. The molecule has 0 atom stereocenters. The summed E-state index contributed by atoms with van der Waals surface area (Å²) in [5.74, 6) is 0.0804. The van der Waals surface area contributed by atoms with E-state index >= 15 is 0 Å². The lowest BCUT2D eigenvalue weighted by Gasteiger charge is -2.09. The number of carbonyl (C=O) groups is 1. The summed E-state index contributed by atoms with van der Waals surface area (Å²) in [5, 5.41) is 0. The van der Waals surface area contributed by atoms with E-state index in [0.29, 0.717) is 11.3 Å². The quantitative estimate of drug-likeness (QED) is 0.454. The number of benzene rings is 3. The molecule has 5 heteroatoms. The number of nitrogens with zero attached hydrogens (tertiary/aromatic N) is 1. The Kier molecular flexibility index (Phi) is 5.20. The average molecular weight is 387 g/mol. The monoisotopic (exact) mass is 387 g/mol. The number of cyclic esters (lactones) is 1. The van der Waals surface area contributed by atoms with Gasteiger partial charge in [-0.2, -0.15) is 0 Å². The lowest BCUT2D eigenvalue weighted by Crippen LogP contribution is -2.05. The highest BCUT2D eigenvalue weighted by Gasteiger charge is 2.24. The molecule has 1 heterocycles. The van der Waals surface area contributed by atoms with Gasteiger partial charge in [-0.1, -0.05) is 48.0 Å². The zero-order chi connectivity index (χ0) is 20.2. The molecule has 0 aliphatic carbocycles. The predicted molar refractivity (Wildman–Crippen MR) is 109 cm³/mol. The lowest BCUT2D eigenvalue weighted by atomic mass is 10.1. The largest absolute Gasteiger partial charge is 0.488 e. The normalized spacial score (nSPS) is 14.6. The smallest absolute Gasteiger partial charge is 0.363 e. The van der Waals surface area contributed by atoms with E-state index in [0.717, 1.165) is 16.7 Å². The van der Waals surface area contributed by atoms with Crippen molar-refractivity contribution in [3.8, 4) is 5.75 Å². The van der Waals surface area contributed by atoms with Gasteiger partial charge in [0.25, 0.3) is 0 Å². The molecule has 0 spiro atoms. The molecule has 4 nitrogen and oxygen atoms in total. The van der Waals surface area contributed by atoms with Crippen LogP contribution in [0.5, 0.6) is 5.75 Å². The third-order valence-corrected chi connectivity index (χ3v) is 4.44. The summed E-state index contributed by atoms with van der Waals surface area (Å²) in [6, 6.07) is 21.1. The van der Waals surface area contributed by atoms with Gasteiger partial charge in [0.15, 0.2) is 5.70 Å². The standard InChI is InChI=1S/C24H18FNO3/c1-16-6-10-18(11-7-16)23-26-21(24(27)29-23)14-19-4-2-3-5-22(19)28-15-17-8-12-20(25)13-9-17/h2-14H,15H2,1H3/b21-14-. The number of halogens is 1. The van der Waals surface area contributed by atoms with E-state index in [1.807, 2.05) is 49.4 Å². The van der Waals surface area contributed by atoms with Crippen molar-refractivity contribution in [2.75, 3.05) is 0 Å². The van der Waals surface area contributed by atoms with Gasteiger partial charge < -0.3 is 9.47 Å². The highest BCUT2D eigenvalue weighted by Crippen LogP contribution is 2.25. The molecule has 3 aromatic carbocycles. The minimum atomic E-state index is -0.506. The van der Waals surface area contributed by atoms with Crippen molar-refractivity contribution in [1.29, 1.82) is 0 Å². The predicted octanol–water partition coefficient (Wildman–Crippen LogP) is 5.06. The minimum absolute atomic E-state index is 0.207. The number of aryl methyl sites for hydroxylation is 1. The average Bonchev–Trinajstić information content (AvgIpc) is 3.09. The van der Waals surface area contributed by atoms with Crippen molar-refractivity contribution in [3.05, 3.63) is 107 Å². The molecule has 0 aromatic heterocycles. The summed E-state index contributed by atoms with van der Waals surface area (Å²) in [7, 11) is 0. The maximum absolute atomic E-state index is 13.0. The molecule has 3 aromatic rings. The van der Waals surface area contributed by atoms with Crippen molar-refractivity contribution < 1.29 is 18.7 Å². The highest BCUT2D eigenvalue weighted by atomic mass is 19.1. The Morgan fingerprint density at radius 2 is 1.72 bits per heavy atom. The molecular weight excluding hydrogens is 369 g/mol. The molecule has 0 radical (unpaired) electrons. The Balaban J connectivity index is 1.56. The van der Waals surface area contributed by atoms with Crippen molar-refractivity contribution in [3.63, 3.8) is 0 Å². The number of ether oxygens (including phenoxy) is 2. The number of hydrogen-bond acceptors (Lipinski definition) is 4. The van der Waals surface area contributed by atoms with E-state index in [9.17, 15) is 9.18 Å². The van der Waals surface area contributed by atoms with Crippen LogP contribution < -0.4 is 4.74 Å². The Morgan fingerprint density at radius 1 is 1.00 bits per heavy atom. The number of aliphatic imine (C=N–C) groups is 1. The summed E-state index contributed by atoms with van der Waals surface area (Å²) < 4.78 is 24.2. The molecule has 144 valence electrons. The number of hydrogen-bond donors (Lipinski definition) is 0. The van der Waals surface area contributed by atoms with E-state index in [-0.39, 0.29) is 24.0 Å². The molecule has 0 fully saturated rings. The van der Waals surface area contributed by atoms with Gasteiger partial charge in [-0.3, -0.25) is 0 Å². The molecule has 0 amide bonds. The van der Waals surface area contributed by atoms with Crippen LogP contribution in [-0.2, 0) is 16.1 Å². The van der Waals surface area contributed by atoms with Crippen LogP contribution in [0.3, 0.4) is 0 Å². The van der Waals surface area contributed by atoms with Gasteiger partial charge in [-0.15, -0.1) is 0 Å². The van der Waals surface area contributed by atoms with Crippen LogP contribution in [0.4, 0.5) is 4.39 Å². The fraction of sp³-hybridized carbons (Fsp3) is 0.0833. The van der Waals surface area contributed by atoms with Gasteiger partial charge in [-0.05, 0) is 48.9 Å². The van der Waals surface area contributed by atoms with Gasteiger partial charge in [0, 0.05) is 11.1 Å². The molecule has 0 saturated carbocycles. The maximum Gasteiger partial charge on any atom is 0.363 e. The topological polar surface area (TPSA) is 47.9 Å². The zero-order valence-electron chi connectivity index (χ0n) is 15.8. The first-order valence-corrected chi connectivity index (χ1v) is 9.14. The van der Waals surface area contributed by atoms with Crippen LogP contribution >= 0.6 is 0 Å². The minimum Gasteiger partial charge on any atom is -0.488 e. The zero-order valence-corrected chi connectivity index (χ0v) is 15.8.